The van der Waals surface area contributed by atoms with Crippen LogP contribution >= 0.6 is 0 Å². The van der Waals surface area contributed by atoms with Gasteiger partial charge < -0.3 is 0 Å². The Hall–Kier alpha value is -0.660. The van der Waals surface area contributed by atoms with Gasteiger partial charge in [0.25, 0.3) is 0 Å². The number of rotatable bonds is 1. The molecule has 4 aliphatic carbocycles. The highest BCUT2D eigenvalue weighted by Gasteiger charge is 2.63. The van der Waals surface area contributed by atoms with E-state index in [2.05, 4.69) is 20.8 Å². The second kappa shape index (κ2) is 5.17. The van der Waals surface area contributed by atoms with Crippen molar-refractivity contribution in [3.63, 3.8) is 0 Å². The van der Waals surface area contributed by atoms with Gasteiger partial charge in [0.05, 0.1) is 0 Å². The zero-order chi connectivity index (χ0) is 17.3. The van der Waals surface area contributed by atoms with Gasteiger partial charge in [-0.2, -0.15) is 0 Å². The van der Waals surface area contributed by atoms with E-state index in [9.17, 15) is 9.59 Å². The van der Waals surface area contributed by atoms with Crippen molar-refractivity contribution in [1.82, 2.24) is 0 Å². The Morgan fingerprint density at radius 3 is 2.42 bits per heavy atom. The second-order valence-corrected chi connectivity index (χ2v) is 10.4. The largest absolute Gasteiger partial charge is 0.300 e. The fraction of sp³-hybridized carbons (Fsp3) is 0.909. The summed E-state index contributed by atoms with van der Waals surface area (Å²) in [6.45, 7) is 9.15. The molecule has 0 heterocycles. The van der Waals surface area contributed by atoms with Crippen molar-refractivity contribution < 1.29 is 9.59 Å². The molecule has 0 saturated heterocycles. The van der Waals surface area contributed by atoms with Crippen molar-refractivity contribution >= 4 is 11.6 Å². The molecule has 4 fully saturated rings. The van der Waals surface area contributed by atoms with Crippen LogP contribution in [0.4, 0.5) is 0 Å². The maximum absolute atomic E-state index is 12.2. The average molecular weight is 331 g/mol. The van der Waals surface area contributed by atoms with E-state index in [1.165, 1.54) is 32.1 Å². The minimum atomic E-state index is 0.218. The van der Waals surface area contributed by atoms with E-state index < -0.39 is 0 Å². The van der Waals surface area contributed by atoms with Crippen molar-refractivity contribution in [3.05, 3.63) is 0 Å². The number of fused-ring (bicyclic) bond motifs is 5. The van der Waals surface area contributed by atoms with E-state index >= 15 is 0 Å². The number of carbonyl (C=O) groups excluding carboxylic acids is 2. The molecule has 0 spiro atoms. The first-order valence-electron chi connectivity index (χ1n) is 10.2. The van der Waals surface area contributed by atoms with Gasteiger partial charge in [-0.15, -0.1) is 0 Å². The van der Waals surface area contributed by atoms with E-state index in [1.807, 2.05) is 6.92 Å². The zero-order valence-corrected chi connectivity index (χ0v) is 16.0. The molecule has 0 amide bonds. The molecule has 0 radical (unpaired) electrons. The van der Waals surface area contributed by atoms with E-state index in [0.29, 0.717) is 22.9 Å². The highest BCUT2D eigenvalue weighted by Crippen LogP contribution is 2.70. The van der Waals surface area contributed by atoms with Crippen molar-refractivity contribution in [2.75, 3.05) is 0 Å². The molecule has 0 aromatic heterocycles. The molecule has 24 heavy (non-hydrogen) atoms. The molecule has 7 atom stereocenters. The van der Waals surface area contributed by atoms with E-state index in [4.69, 9.17) is 0 Å². The molecule has 4 aliphatic rings. The molecular weight excluding hydrogens is 296 g/mol. The predicted molar refractivity (Wildman–Crippen MR) is 95.5 cm³/mol. The molecule has 0 aromatic carbocycles. The zero-order valence-electron chi connectivity index (χ0n) is 16.0. The SMILES string of the molecule is CC(=O)[C@H]1CC[C@H]2[C@@H]3CC[C@]4(C)CC(=O)CC[C@]4(C)[C@H]3CC[C@]12C. The summed E-state index contributed by atoms with van der Waals surface area (Å²) in [4.78, 5) is 24.3. The Balaban J connectivity index is 1.66. The maximum atomic E-state index is 12.2. The van der Waals surface area contributed by atoms with Crippen LogP contribution in [0, 0.1) is 39.9 Å². The minimum absolute atomic E-state index is 0.218. The van der Waals surface area contributed by atoms with Crippen LogP contribution in [0.3, 0.4) is 0 Å². The maximum Gasteiger partial charge on any atom is 0.133 e. The van der Waals surface area contributed by atoms with Crippen LogP contribution < -0.4 is 0 Å². The summed E-state index contributed by atoms with van der Waals surface area (Å²) in [5.74, 6) is 3.52. The summed E-state index contributed by atoms with van der Waals surface area (Å²) < 4.78 is 0. The van der Waals surface area contributed by atoms with Gasteiger partial charge in [-0.3, -0.25) is 9.59 Å². The van der Waals surface area contributed by atoms with Gasteiger partial charge in [0.2, 0.25) is 0 Å². The second-order valence-electron chi connectivity index (χ2n) is 10.4. The van der Waals surface area contributed by atoms with Crippen LogP contribution in [-0.2, 0) is 9.59 Å². The van der Waals surface area contributed by atoms with Gasteiger partial charge in [-0.1, -0.05) is 20.8 Å². The van der Waals surface area contributed by atoms with Crippen LogP contribution in [0.15, 0.2) is 0 Å². The minimum Gasteiger partial charge on any atom is -0.300 e. The fourth-order valence-electron chi connectivity index (χ4n) is 8.07. The standard InChI is InChI=1S/C22H34O2/c1-14(23)17-5-6-18-16-8-10-20(2)13-15(24)7-12-22(20,4)19(16)9-11-21(17,18)3/h16-19H,5-13H2,1-4H3/t16-,17+,18-,19-,20+,21+,22+/m0/s1. The highest BCUT2D eigenvalue weighted by molar-refractivity contribution is 5.80. The Morgan fingerprint density at radius 2 is 1.71 bits per heavy atom. The summed E-state index contributed by atoms with van der Waals surface area (Å²) >= 11 is 0. The summed E-state index contributed by atoms with van der Waals surface area (Å²) in [5.41, 5.74) is 0.802. The topological polar surface area (TPSA) is 34.1 Å². The number of hydrogen-bond acceptors (Lipinski definition) is 2. The molecule has 0 aromatic rings. The lowest BCUT2D eigenvalue weighted by Crippen LogP contribution is -2.57. The van der Waals surface area contributed by atoms with Gasteiger partial charge in [-0.25, -0.2) is 0 Å². The Kier molecular flexibility index (Phi) is 3.62. The Morgan fingerprint density at radius 1 is 0.958 bits per heavy atom. The monoisotopic (exact) mass is 330 g/mol. The smallest absolute Gasteiger partial charge is 0.133 e. The summed E-state index contributed by atoms with van der Waals surface area (Å²) in [5, 5.41) is 0. The third-order valence-corrected chi connectivity index (χ3v) is 9.66. The van der Waals surface area contributed by atoms with Crippen molar-refractivity contribution in [3.8, 4) is 0 Å². The van der Waals surface area contributed by atoms with Crippen molar-refractivity contribution in [2.24, 2.45) is 39.9 Å². The molecule has 0 unspecified atom stereocenters. The molecule has 0 bridgehead atoms. The summed E-state index contributed by atoms with van der Waals surface area (Å²) in [6.07, 6.45) is 10.1. The number of hydrogen-bond donors (Lipinski definition) is 0. The molecular formula is C22H34O2. The van der Waals surface area contributed by atoms with Crippen LogP contribution in [0.2, 0.25) is 0 Å². The molecule has 0 N–H and O–H groups in total. The lowest BCUT2D eigenvalue weighted by Gasteiger charge is -2.64. The van der Waals surface area contributed by atoms with E-state index in [0.717, 1.165) is 43.4 Å². The normalized spacial score (nSPS) is 53.9. The van der Waals surface area contributed by atoms with Gasteiger partial charge in [0.1, 0.15) is 11.6 Å². The van der Waals surface area contributed by atoms with Gasteiger partial charge in [0, 0.05) is 18.8 Å². The van der Waals surface area contributed by atoms with E-state index in [1.54, 1.807) is 0 Å². The number of Topliss-reactive ketones (excluding diaryl/α,β-unsaturated/α-hetero) is 2. The lowest BCUT2D eigenvalue weighted by atomic mass is 9.40. The molecule has 4 saturated carbocycles. The number of carbonyl (C=O) groups is 2. The van der Waals surface area contributed by atoms with E-state index in [-0.39, 0.29) is 10.8 Å². The van der Waals surface area contributed by atoms with Crippen LogP contribution in [0.5, 0.6) is 0 Å². The van der Waals surface area contributed by atoms with Crippen LogP contribution in [0.25, 0.3) is 0 Å². The van der Waals surface area contributed by atoms with Crippen LogP contribution in [-0.4, -0.2) is 11.6 Å². The quantitative estimate of drug-likeness (QED) is 0.662. The third kappa shape index (κ3) is 2.01. The number of ketones is 2. The third-order valence-electron chi connectivity index (χ3n) is 9.66. The average Bonchev–Trinajstić information content (AvgIpc) is 2.86. The van der Waals surface area contributed by atoms with Gasteiger partial charge in [-0.05, 0) is 85.9 Å². The summed E-state index contributed by atoms with van der Waals surface area (Å²) in [6, 6.07) is 0. The lowest BCUT2D eigenvalue weighted by molar-refractivity contribution is -0.164. The van der Waals surface area contributed by atoms with Crippen molar-refractivity contribution in [2.45, 2.75) is 85.5 Å². The van der Waals surface area contributed by atoms with Gasteiger partial charge in [0.15, 0.2) is 0 Å². The highest BCUT2D eigenvalue weighted by atomic mass is 16.1. The first-order valence-corrected chi connectivity index (χ1v) is 10.2. The molecule has 134 valence electrons. The fourth-order valence-corrected chi connectivity index (χ4v) is 8.07. The molecule has 0 aliphatic heterocycles. The first kappa shape index (κ1) is 16.8. The Bertz CT molecular complexity index is 581. The van der Waals surface area contributed by atoms with Gasteiger partial charge >= 0.3 is 0 Å². The predicted octanol–water partition coefficient (Wildman–Crippen LogP) is 5.19. The van der Waals surface area contributed by atoms with Crippen molar-refractivity contribution in [1.29, 1.82) is 0 Å². The molecule has 2 nitrogen and oxygen atoms in total. The Labute approximate surface area is 147 Å². The molecule has 2 heteroatoms. The van der Waals surface area contributed by atoms with Crippen LogP contribution in [0.1, 0.15) is 85.5 Å². The summed E-state index contributed by atoms with van der Waals surface area (Å²) in [7, 11) is 0. The molecule has 4 rings (SSSR count). The first-order chi connectivity index (χ1) is 11.2.